The van der Waals surface area contributed by atoms with Crippen LogP contribution in [0.15, 0.2) is 23.0 Å². The van der Waals surface area contributed by atoms with Gasteiger partial charge in [-0.05, 0) is 67.1 Å². The first kappa shape index (κ1) is 25.7. The number of phenolic OH excluding ortho intramolecular Hbond substituents is 1. The lowest BCUT2D eigenvalue weighted by atomic mass is 9.58. The van der Waals surface area contributed by atoms with Crippen molar-refractivity contribution in [2.45, 2.75) is 90.1 Å². The number of allylic oxidation sites excluding steroid dienone is 1. The third-order valence-electron chi connectivity index (χ3n) is 9.20. The predicted octanol–water partition coefficient (Wildman–Crippen LogP) is 4.77. The van der Waals surface area contributed by atoms with Crippen LogP contribution in [0.25, 0.3) is 5.76 Å². The number of phenols is 1. The van der Waals surface area contributed by atoms with E-state index >= 15 is 0 Å². The molecule has 0 aliphatic heterocycles. The Hall–Kier alpha value is -2.93. The maximum absolute atomic E-state index is 13.8. The van der Waals surface area contributed by atoms with E-state index in [4.69, 9.17) is 0 Å². The summed E-state index contributed by atoms with van der Waals surface area (Å²) in [4.78, 5) is 38.4. The Kier molecular flexibility index (Phi) is 6.34. The van der Waals surface area contributed by atoms with Crippen LogP contribution in [0.2, 0.25) is 0 Å². The monoisotopic (exact) mass is 508 g/mol. The summed E-state index contributed by atoms with van der Waals surface area (Å²) >= 11 is 0. The molecule has 4 N–H and O–H groups in total. The van der Waals surface area contributed by atoms with E-state index in [1.54, 1.807) is 0 Å². The Morgan fingerprint density at radius 1 is 1.11 bits per heavy atom. The number of aliphatic hydroxyl groups is 3. The van der Waals surface area contributed by atoms with Crippen molar-refractivity contribution in [3.8, 4) is 5.75 Å². The Labute approximate surface area is 216 Å². The fourth-order valence-corrected chi connectivity index (χ4v) is 7.25. The van der Waals surface area contributed by atoms with Gasteiger partial charge in [0.25, 0.3) is 0 Å². The standard InChI is InChI=1S/C30H36O7/c1-14(2)20-11-17(9-8-16-6-4-5-7-16)26(33)25-21(20)12-18-10-19-13-22(32)23(15(3)31)28(35)30(19,37)29(36)24(18)27(25)34/h11,14,16,18-19,33-35,37H,4-10,12-13H2,1-3H3/t18-,19+,30-/m1/s1. The van der Waals surface area contributed by atoms with E-state index in [1.807, 2.05) is 6.07 Å². The van der Waals surface area contributed by atoms with Crippen LogP contribution >= 0.6 is 0 Å². The lowest BCUT2D eigenvalue weighted by Gasteiger charge is -2.46. The summed E-state index contributed by atoms with van der Waals surface area (Å²) in [5.41, 5.74) is -0.291. The second-order valence-electron chi connectivity index (χ2n) is 11.8. The molecule has 2 saturated carbocycles. The summed E-state index contributed by atoms with van der Waals surface area (Å²) < 4.78 is 0. The van der Waals surface area contributed by atoms with Crippen molar-refractivity contribution in [1.29, 1.82) is 0 Å². The second-order valence-corrected chi connectivity index (χ2v) is 11.8. The molecule has 0 amide bonds. The molecule has 4 aliphatic carbocycles. The number of carbonyl (C=O) groups excluding carboxylic acids is 3. The number of carbonyl (C=O) groups is 3. The van der Waals surface area contributed by atoms with Crippen molar-refractivity contribution < 1.29 is 34.8 Å². The average Bonchev–Trinajstić information content (AvgIpc) is 3.34. The van der Waals surface area contributed by atoms with E-state index in [9.17, 15) is 34.8 Å². The highest BCUT2D eigenvalue weighted by Crippen LogP contribution is 2.53. The summed E-state index contributed by atoms with van der Waals surface area (Å²) in [7, 11) is 0. The van der Waals surface area contributed by atoms with E-state index in [0.29, 0.717) is 18.8 Å². The first-order chi connectivity index (χ1) is 17.5. The van der Waals surface area contributed by atoms with Gasteiger partial charge in [-0.15, -0.1) is 0 Å². The zero-order chi connectivity index (χ0) is 26.8. The van der Waals surface area contributed by atoms with E-state index in [2.05, 4.69) is 13.8 Å². The molecule has 7 nitrogen and oxygen atoms in total. The Balaban J connectivity index is 1.63. The van der Waals surface area contributed by atoms with Gasteiger partial charge in [0, 0.05) is 17.9 Å². The first-order valence-corrected chi connectivity index (χ1v) is 13.5. The molecule has 0 unspecified atom stereocenters. The molecule has 0 spiro atoms. The largest absolute Gasteiger partial charge is 0.508 e. The SMILES string of the molecule is CC(=O)C1=C(O)[C@@]2(O)C(=O)C3=C(O)c4c(O)c(CCC5CCCC5)cc(C(C)C)c4C[C@H]3C[C@H]2CC1=O. The summed E-state index contributed by atoms with van der Waals surface area (Å²) in [6, 6.07) is 2.03. The summed E-state index contributed by atoms with van der Waals surface area (Å²) in [5.74, 6) is -4.19. The molecule has 1 aromatic rings. The quantitative estimate of drug-likeness (QED) is 0.421. The highest BCUT2D eigenvalue weighted by atomic mass is 16.3. The number of hydrogen-bond donors (Lipinski definition) is 4. The van der Waals surface area contributed by atoms with E-state index < -0.39 is 46.1 Å². The number of fused-ring (bicyclic) bond motifs is 3. The summed E-state index contributed by atoms with van der Waals surface area (Å²) in [6.07, 6.45) is 6.78. The van der Waals surface area contributed by atoms with Crippen molar-refractivity contribution in [1.82, 2.24) is 0 Å². The lowest BCUT2D eigenvalue weighted by molar-refractivity contribution is -0.147. The number of hydrogen-bond acceptors (Lipinski definition) is 7. The van der Waals surface area contributed by atoms with Gasteiger partial charge in [0.15, 0.2) is 17.2 Å². The number of benzene rings is 1. The molecule has 0 saturated heterocycles. The normalized spacial score (nSPS) is 28.0. The molecule has 5 rings (SSSR count). The minimum absolute atomic E-state index is 0.0363. The average molecular weight is 509 g/mol. The molecule has 0 radical (unpaired) electrons. The highest BCUT2D eigenvalue weighted by Gasteiger charge is 2.60. The zero-order valence-corrected chi connectivity index (χ0v) is 21.8. The van der Waals surface area contributed by atoms with Crippen LogP contribution in [0.1, 0.15) is 93.9 Å². The van der Waals surface area contributed by atoms with Gasteiger partial charge in [-0.25, -0.2) is 0 Å². The maximum atomic E-state index is 13.8. The van der Waals surface area contributed by atoms with Crippen LogP contribution in [0.5, 0.6) is 5.75 Å². The van der Waals surface area contributed by atoms with E-state index in [1.165, 1.54) is 25.7 Å². The fraction of sp³-hybridized carbons (Fsp3) is 0.567. The molecule has 0 aromatic heterocycles. The van der Waals surface area contributed by atoms with Crippen molar-refractivity contribution >= 4 is 23.1 Å². The van der Waals surface area contributed by atoms with Gasteiger partial charge in [0.1, 0.15) is 22.8 Å². The Morgan fingerprint density at radius 2 is 1.78 bits per heavy atom. The van der Waals surface area contributed by atoms with Crippen LogP contribution in [-0.4, -0.2) is 43.4 Å². The minimum atomic E-state index is -2.46. The van der Waals surface area contributed by atoms with Crippen LogP contribution in [0.4, 0.5) is 0 Å². The topological polar surface area (TPSA) is 132 Å². The number of aryl methyl sites for hydroxylation is 1. The van der Waals surface area contributed by atoms with Gasteiger partial charge >= 0.3 is 0 Å². The van der Waals surface area contributed by atoms with Crippen LogP contribution in [-0.2, 0) is 27.2 Å². The molecule has 37 heavy (non-hydrogen) atoms. The number of rotatable bonds is 5. The molecular weight excluding hydrogens is 472 g/mol. The van der Waals surface area contributed by atoms with Gasteiger partial charge in [-0.3, -0.25) is 14.4 Å². The van der Waals surface area contributed by atoms with Crippen molar-refractivity contribution in [3.05, 3.63) is 45.2 Å². The Bertz CT molecular complexity index is 1260. The van der Waals surface area contributed by atoms with Crippen LogP contribution in [0.3, 0.4) is 0 Å². The molecule has 0 bridgehead atoms. The van der Waals surface area contributed by atoms with Crippen LogP contribution < -0.4 is 0 Å². The maximum Gasteiger partial charge on any atom is 0.202 e. The zero-order valence-electron chi connectivity index (χ0n) is 21.8. The van der Waals surface area contributed by atoms with E-state index in [-0.39, 0.29) is 41.4 Å². The smallest absolute Gasteiger partial charge is 0.202 e. The van der Waals surface area contributed by atoms with Gasteiger partial charge < -0.3 is 20.4 Å². The fourth-order valence-electron chi connectivity index (χ4n) is 7.25. The molecule has 198 valence electrons. The molecule has 3 atom stereocenters. The number of Topliss-reactive ketones (excluding diaryl/α,β-unsaturated/α-hetero) is 3. The van der Waals surface area contributed by atoms with E-state index in [0.717, 1.165) is 30.0 Å². The van der Waals surface area contributed by atoms with Gasteiger partial charge in [0.2, 0.25) is 5.78 Å². The molecule has 2 fully saturated rings. The highest BCUT2D eigenvalue weighted by molar-refractivity contribution is 6.23. The molecule has 1 aromatic carbocycles. The first-order valence-electron chi connectivity index (χ1n) is 13.5. The lowest BCUT2D eigenvalue weighted by Crippen LogP contribution is -2.57. The predicted molar refractivity (Wildman–Crippen MR) is 137 cm³/mol. The van der Waals surface area contributed by atoms with Gasteiger partial charge in [-0.1, -0.05) is 45.6 Å². The molecule has 0 heterocycles. The minimum Gasteiger partial charge on any atom is -0.508 e. The number of aromatic hydroxyl groups is 1. The molecular formula is C30H36O7. The van der Waals surface area contributed by atoms with Crippen molar-refractivity contribution in [2.24, 2.45) is 17.8 Å². The number of ketones is 3. The second kappa shape index (κ2) is 9.12. The summed E-state index contributed by atoms with van der Waals surface area (Å²) in [6.45, 7) is 5.22. The molecule has 4 aliphatic rings. The van der Waals surface area contributed by atoms with Gasteiger partial charge in [-0.2, -0.15) is 0 Å². The van der Waals surface area contributed by atoms with Crippen molar-refractivity contribution in [2.75, 3.05) is 0 Å². The van der Waals surface area contributed by atoms with Gasteiger partial charge in [0.05, 0.1) is 5.56 Å². The summed E-state index contributed by atoms with van der Waals surface area (Å²) in [5, 5.41) is 45.1. The third kappa shape index (κ3) is 3.85. The third-order valence-corrected chi connectivity index (χ3v) is 9.20. The number of aliphatic hydroxyl groups excluding tert-OH is 2. The van der Waals surface area contributed by atoms with Crippen LogP contribution in [0, 0.1) is 17.8 Å². The Morgan fingerprint density at radius 3 is 2.41 bits per heavy atom. The van der Waals surface area contributed by atoms with Crippen molar-refractivity contribution in [3.63, 3.8) is 0 Å². The molecule has 7 heteroatoms.